The molecule has 0 unspecified atom stereocenters. The molecule has 0 aromatic carbocycles. The highest BCUT2D eigenvalue weighted by atomic mass is 32.1. The molecule has 0 radical (unpaired) electrons. The molecule has 0 aliphatic carbocycles. The molecule has 0 fully saturated rings. The lowest BCUT2D eigenvalue weighted by molar-refractivity contribution is -0.386. The van der Waals surface area contributed by atoms with Gasteiger partial charge in [-0.1, -0.05) is 32.1 Å². The quantitative estimate of drug-likeness (QED) is 0.311. The van der Waals surface area contributed by atoms with Gasteiger partial charge in [-0.15, -0.1) is 0 Å². The topological polar surface area (TPSA) is 65.1 Å². The summed E-state index contributed by atoms with van der Waals surface area (Å²) in [5.74, 6) is 0.963. The summed E-state index contributed by atoms with van der Waals surface area (Å²) in [6.07, 6.45) is 11.1. The van der Waals surface area contributed by atoms with E-state index in [2.05, 4.69) is 12.6 Å². The van der Waals surface area contributed by atoms with Crippen molar-refractivity contribution in [2.45, 2.75) is 51.5 Å². The Morgan fingerprint density at radius 2 is 1.70 bits per heavy atom. The molecule has 1 rings (SSSR count). The van der Waals surface area contributed by atoms with E-state index in [0.29, 0.717) is 0 Å². The van der Waals surface area contributed by atoms with Crippen LogP contribution in [0.2, 0.25) is 0 Å². The van der Waals surface area contributed by atoms with Gasteiger partial charge in [0.1, 0.15) is 0 Å². The van der Waals surface area contributed by atoms with Crippen LogP contribution in [0.25, 0.3) is 0 Å². The van der Waals surface area contributed by atoms with Crippen LogP contribution in [-0.2, 0) is 6.54 Å². The van der Waals surface area contributed by atoms with Gasteiger partial charge in [-0.2, -0.15) is 12.6 Å². The van der Waals surface area contributed by atoms with Crippen LogP contribution in [0.4, 0.5) is 5.69 Å². The van der Waals surface area contributed by atoms with Crippen molar-refractivity contribution in [2.24, 2.45) is 0 Å². The van der Waals surface area contributed by atoms with E-state index in [1.54, 1.807) is 10.8 Å². The third-order valence-corrected chi connectivity index (χ3v) is 3.55. The van der Waals surface area contributed by atoms with E-state index in [9.17, 15) is 14.9 Å². The van der Waals surface area contributed by atoms with Gasteiger partial charge in [0, 0.05) is 18.8 Å². The Kier molecular flexibility index (Phi) is 8.02. The first-order chi connectivity index (χ1) is 9.65. The van der Waals surface area contributed by atoms with Crippen LogP contribution < -0.4 is 5.43 Å². The lowest BCUT2D eigenvalue weighted by atomic mass is 10.1. The van der Waals surface area contributed by atoms with Gasteiger partial charge in [0.05, 0.1) is 11.1 Å². The monoisotopic (exact) mass is 298 g/mol. The number of nitro groups is 1. The lowest BCUT2D eigenvalue weighted by Crippen LogP contribution is -2.11. The number of aryl methyl sites for hydroxylation is 1. The molecule has 1 aromatic rings. The molecule has 0 N–H and O–H groups in total. The Hall–Kier alpha value is -1.30. The highest BCUT2D eigenvalue weighted by molar-refractivity contribution is 7.80. The molecule has 1 heterocycles. The Morgan fingerprint density at radius 3 is 2.30 bits per heavy atom. The Bertz CT molecular complexity index is 474. The predicted molar refractivity (Wildman–Crippen MR) is 83.5 cm³/mol. The molecule has 112 valence electrons. The molecule has 0 amide bonds. The third-order valence-electron chi connectivity index (χ3n) is 3.23. The molecule has 0 aliphatic heterocycles. The Labute approximate surface area is 124 Å². The second-order valence-corrected chi connectivity index (χ2v) is 5.33. The maximum Gasteiger partial charge on any atom is 0.332 e. The zero-order valence-electron chi connectivity index (χ0n) is 11.7. The molecule has 20 heavy (non-hydrogen) atoms. The minimum absolute atomic E-state index is 0.348. The number of hydrogen-bond acceptors (Lipinski definition) is 4. The van der Waals surface area contributed by atoms with E-state index in [-0.39, 0.29) is 5.69 Å². The first kappa shape index (κ1) is 16.8. The van der Waals surface area contributed by atoms with Crippen LogP contribution in [0, 0.1) is 10.1 Å². The fourth-order valence-electron chi connectivity index (χ4n) is 2.08. The standard InChI is InChI=1S/C14H22N2O3S/c17-14-8-10-15(12-13(14)16(18)19)9-6-4-2-1-3-5-7-11-20/h8,10,12,20H,1-7,9,11H2. The van der Waals surface area contributed by atoms with Crippen molar-refractivity contribution in [1.82, 2.24) is 4.57 Å². The van der Waals surface area contributed by atoms with Gasteiger partial charge in [0.15, 0.2) is 0 Å². The van der Waals surface area contributed by atoms with Crippen molar-refractivity contribution in [3.05, 3.63) is 38.8 Å². The van der Waals surface area contributed by atoms with Crippen molar-refractivity contribution in [3.8, 4) is 0 Å². The number of thiol groups is 1. The SMILES string of the molecule is O=c1ccn(CCCCCCCCCS)cc1[N+](=O)[O-]. The number of hydrogen-bond donors (Lipinski definition) is 1. The van der Waals surface area contributed by atoms with Crippen molar-refractivity contribution >= 4 is 18.3 Å². The van der Waals surface area contributed by atoms with Crippen LogP contribution in [0.15, 0.2) is 23.3 Å². The number of nitrogens with zero attached hydrogens (tertiary/aromatic N) is 2. The van der Waals surface area contributed by atoms with Crippen LogP contribution in [0.5, 0.6) is 0 Å². The fourth-order valence-corrected chi connectivity index (χ4v) is 2.30. The molecule has 0 bridgehead atoms. The predicted octanol–water partition coefficient (Wildman–Crippen LogP) is 3.42. The molecular formula is C14H22N2O3S. The number of aromatic nitrogens is 1. The maximum atomic E-state index is 11.3. The summed E-state index contributed by atoms with van der Waals surface area (Å²) in [7, 11) is 0. The first-order valence-electron chi connectivity index (χ1n) is 7.10. The second-order valence-electron chi connectivity index (χ2n) is 4.89. The Morgan fingerprint density at radius 1 is 1.10 bits per heavy atom. The fraction of sp³-hybridized carbons (Fsp3) is 0.643. The van der Waals surface area contributed by atoms with Crippen LogP contribution in [-0.4, -0.2) is 15.2 Å². The van der Waals surface area contributed by atoms with Gasteiger partial charge in [-0.05, 0) is 18.6 Å². The van der Waals surface area contributed by atoms with E-state index in [0.717, 1.165) is 25.1 Å². The molecule has 0 atom stereocenters. The average molecular weight is 298 g/mol. The summed E-state index contributed by atoms with van der Waals surface area (Å²) < 4.78 is 1.72. The molecule has 0 aliphatic rings. The summed E-state index contributed by atoms with van der Waals surface area (Å²) in [4.78, 5) is 21.3. The molecule has 0 saturated heterocycles. The van der Waals surface area contributed by atoms with Crippen molar-refractivity contribution in [1.29, 1.82) is 0 Å². The van der Waals surface area contributed by atoms with Crippen molar-refractivity contribution in [3.63, 3.8) is 0 Å². The van der Waals surface area contributed by atoms with Gasteiger partial charge in [-0.25, -0.2) is 0 Å². The lowest BCUT2D eigenvalue weighted by Gasteiger charge is -2.05. The molecule has 5 nitrogen and oxygen atoms in total. The highest BCUT2D eigenvalue weighted by Gasteiger charge is 2.11. The zero-order chi connectivity index (χ0) is 14.8. The van der Waals surface area contributed by atoms with E-state index < -0.39 is 10.4 Å². The second kappa shape index (κ2) is 9.58. The summed E-state index contributed by atoms with van der Waals surface area (Å²) in [5, 5.41) is 10.7. The number of rotatable bonds is 10. The maximum absolute atomic E-state index is 11.3. The first-order valence-corrected chi connectivity index (χ1v) is 7.73. The number of unbranched alkanes of at least 4 members (excludes halogenated alkanes) is 6. The van der Waals surface area contributed by atoms with E-state index in [4.69, 9.17) is 0 Å². The van der Waals surface area contributed by atoms with Gasteiger partial charge in [0.25, 0.3) is 5.43 Å². The minimum Gasteiger partial charge on any atom is -0.348 e. The summed E-state index contributed by atoms with van der Waals surface area (Å²) in [6, 6.07) is 1.26. The van der Waals surface area contributed by atoms with Gasteiger partial charge in [0.2, 0.25) is 0 Å². The molecule has 1 aromatic heterocycles. The minimum atomic E-state index is -0.625. The average Bonchev–Trinajstić information content (AvgIpc) is 2.43. The Balaban J connectivity index is 2.24. The number of pyridine rings is 1. The normalized spacial score (nSPS) is 10.7. The molecule has 0 saturated carbocycles. The van der Waals surface area contributed by atoms with Crippen LogP contribution >= 0.6 is 12.6 Å². The van der Waals surface area contributed by atoms with Crippen molar-refractivity contribution < 1.29 is 4.92 Å². The third kappa shape index (κ3) is 6.23. The van der Waals surface area contributed by atoms with Gasteiger partial charge >= 0.3 is 5.69 Å². The van der Waals surface area contributed by atoms with Crippen LogP contribution in [0.3, 0.4) is 0 Å². The van der Waals surface area contributed by atoms with E-state index in [1.807, 2.05) is 0 Å². The summed E-state index contributed by atoms with van der Waals surface area (Å²) in [6.45, 7) is 0.720. The van der Waals surface area contributed by atoms with Crippen LogP contribution in [0.1, 0.15) is 44.9 Å². The zero-order valence-corrected chi connectivity index (χ0v) is 12.6. The molecule has 0 spiro atoms. The van der Waals surface area contributed by atoms with E-state index >= 15 is 0 Å². The van der Waals surface area contributed by atoms with E-state index in [1.165, 1.54) is 44.4 Å². The van der Waals surface area contributed by atoms with Crippen molar-refractivity contribution in [2.75, 3.05) is 5.75 Å². The smallest absolute Gasteiger partial charge is 0.332 e. The largest absolute Gasteiger partial charge is 0.348 e. The molecular weight excluding hydrogens is 276 g/mol. The highest BCUT2D eigenvalue weighted by Crippen LogP contribution is 2.09. The van der Waals surface area contributed by atoms with Gasteiger partial charge < -0.3 is 4.57 Å². The molecule has 6 heteroatoms. The summed E-state index contributed by atoms with van der Waals surface area (Å²) in [5.41, 5.74) is -0.880. The van der Waals surface area contributed by atoms with Gasteiger partial charge in [-0.3, -0.25) is 14.9 Å². The summed E-state index contributed by atoms with van der Waals surface area (Å²) >= 11 is 4.18.